The monoisotopic (exact) mass is 626 g/mol. The molecule has 0 saturated carbocycles. The maximum atomic E-state index is 6.65. The van der Waals surface area contributed by atoms with Gasteiger partial charge in [-0.2, -0.15) is 0 Å². The van der Waals surface area contributed by atoms with Crippen molar-refractivity contribution < 1.29 is 9.15 Å². The molecule has 2 nitrogen and oxygen atoms in total. The van der Waals surface area contributed by atoms with Crippen molar-refractivity contribution in [3.8, 4) is 56.0 Å². The van der Waals surface area contributed by atoms with Crippen LogP contribution in [0, 0.1) is 0 Å². The highest BCUT2D eigenvalue weighted by Gasteiger charge is 2.35. The highest BCUT2D eigenvalue weighted by atomic mass is 16.5. The van der Waals surface area contributed by atoms with Crippen molar-refractivity contribution in [2.24, 2.45) is 0 Å². The highest BCUT2D eigenvalue weighted by molar-refractivity contribution is 6.21. The Morgan fingerprint density at radius 3 is 2.06 bits per heavy atom. The molecule has 0 amide bonds. The zero-order chi connectivity index (χ0) is 32.4. The van der Waals surface area contributed by atoms with Crippen LogP contribution in [-0.2, 0) is 5.41 Å². The molecule has 0 N–H and O–H groups in total. The van der Waals surface area contributed by atoms with E-state index in [4.69, 9.17) is 9.15 Å². The number of furan rings is 1. The molecule has 49 heavy (non-hydrogen) atoms. The maximum absolute atomic E-state index is 6.65. The summed E-state index contributed by atoms with van der Waals surface area (Å²) in [5.41, 5.74) is 14.3. The molecular formula is C47H30O2. The highest BCUT2D eigenvalue weighted by Crippen LogP contribution is 2.52. The third-order valence-corrected chi connectivity index (χ3v) is 11.1. The standard InChI is InChI=1S/C47H30O2/c1-47(2)39-15-6-5-11-32(39)33-20-18-29(26-40(33)47)28-19-23-41-38(25-28)36-13-7-12-34-31(22-24-43(48-41)44(34)36)35-14-8-16-42-45(35)37-21-17-27-9-3-4-10-30(27)46(37)49-42/h3-26H,1-2H3. The van der Waals surface area contributed by atoms with E-state index in [-0.39, 0.29) is 5.41 Å². The number of rotatable bonds is 2. The first kappa shape index (κ1) is 26.9. The van der Waals surface area contributed by atoms with Gasteiger partial charge in [-0.15, -0.1) is 0 Å². The maximum Gasteiger partial charge on any atom is 0.143 e. The molecule has 0 atom stereocenters. The van der Waals surface area contributed by atoms with Gasteiger partial charge >= 0.3 is 0 Å². The SMILES string of the molecule is CC1(C)c2ccccc2-c2ccc(-c3ccc4c(c3)-c3cccc5c(-c6cccc7oc8c9ccccc9ccc8c67)ccc(c35)O4)cc21. The summed E-state index contributed by atoms with van der Waals surface area (Å²) in [7, 11) is 0. The van der Waals surface area contributed by atoms with E-state index in [1.54, 1.807) is 0 Å². The van der Waals surface area contributed by atoms with Gasteiger partial charge in [-0.05, 0) is 97.2 Å². The van der Waals surface area contributed by atoms with E-state index in [0.29, 0.717) is 0 Å². The van der Waals surface area contributed by atoms with Crippen molar-refractivity contribution in [2.45, 2.75) is 19.3 Å². The predicted octanol–water partition coefficient (Wildman–Crippen LogP) is 13.3. The fraction of sp³-hybridized carbons (Fsp3) is 0.0638. The molecule has 0 bridgehead atoms. The molecule has 2 aliphatic rings. The Morgan fingerprint density at radius 2 is 1.12 bits per heavy atom. The van der Waals surface area contributed by atoms with E-state index in [9.17, 15) is 0 Å². The normalized spacial score (nSPS) is 13.8. The summed E-state index contributed by atoms with van der Waals surface area (Å²) in [4.78, 5) is 0. The van der Waals surface area contributed by atoms with Crippen LogP contribution >= 0.6 is 0 Å². The second-order valence-electron chi connectivity index (χ2n) is 14.0. The number of benzene rings is 8. The summed E-state index contributed by atoms with van der Waals surface area (Å²) in [5, 5.41) is 6.91. The second kappa shape index (κ2) is 9.49. The number of fused-ring (bicyclic) bond motifs is 10. The molecule has 2 heteroatoms. The first-order chi connectivity index (χ1) is 24.0. The van der Waals surface area contributed by atoms with E-state index in [1.165, 1.54) is 55.3 Å². The van der Waals surface area contributed by atoms with Gasteiger partial charge in [-0.25, -0.2) is 0 Å². The summed E-state index contributed by atoms with van der Waals surface area (Å²) < 4.78 is 13.2. The van der Waals surface area contributed by atoms with Crippen LogP contribution in [0.5, 0.6) is 11.5 Å². The first-order valence-electron chi connectivity index (χ1n) is 17.0. The first-order valence-corrected chi connectivity index (χ1v) is 17.0. The van der Waals surface area contributed by atoms with Gasteiger partial charge in [0.05, 0.1) is 0 Å². The lowest BCUT2D eigenvalue weighted by Crippen LogP contribution is -2.14. The summed E-state index contributed by atoms with van der Waals surface area (Å²) in [6.45, 7) is 4.68. The minimum Gasteiger partial charge on any atom is -0.456 e. The molecule has 0 fully saturated rings. The van der Waals surface area contributed by atoms with Crippen LogP contribution in [0.3, 0.4) is 0 Å². The van der Waals surface area contributed by atoms with Crippen LogP contribution in [0.25, 0.3) is 88.0 Å². The molecule has 11 rings (SSSR count). The van der Waals surface area contributed by atoms with Gasteiger partial charge in [0, 0.05) is 32.5 Å². The Balaban J connectivity index is 1.08. The van der Waals surface area contributed by atoms with Crippen molar-refractivity contribution in [2.75, 3.05) is 0 Å². The lowest BCUT2D eigenvalue weighted by molar-refractivity contribution is 0.487. The van der Waals surface area contributed by atoms with Gasteiger partial charge in [0.15, 0.2) is 0 Å². The summed E-state index contributed by atoms with van der Waals surface area (Å²) in [5.74, 6) is 1.78. The smallest absolute Gasteiger partial charge is 0.143 e. The van der Waals surface area contributed by atoms with Crippen LogP contribution in [0.15, 0.2) is 150 Å². The van der Waals surface area contributed by atoms with Crippen LogP contribution in [0.4, 0.5) is 0 Å². The Labute approximate surface area is 283 Å². The third-order valence-electron chi connectivity index (χ3n) is 11.1. The van der Waals surface area contributed by atoms with Crippen LogP contribution < -0.4 is 4.74 Å². The molecule has 1 aliphatic heterocycles. The van der Waals surface area contributed by atoms with Gasteiger partial charge in [0.2, 0.25) is 0 Å². The summed E-state index contributed by atoms with van der Waals surface area (Å²) >= 11 is 0. The minimum absolute atomic E-state index is 0.0452. The van der Waals surface area contributed by atoms with Crippen LogP contribution in [-0.4, -0.2) is 0 Å². The number of hydrogen-bond donors (Lipinski definition) is 0. The average molecular weight is 627 g/mol. The molecule has 0 saturated heterocycles. The van der Waals surface area contributed by atoms with E-state index < -0.39 is 0 Å². The van der Waals surface area contributed by atoms with E-state index in [1.807, 2.05) is 0 Å². The quantitative estimate of drug-likeness (QED) is 0.190. The topological polar surface area (TPSA) is 22.4 Å². The zero-order valence-electron chi connectivity index (χ0n) is 27.2. The van der Waals surface area contributed by atoms with Crippen LogP contribution in [0.1, 0.15) is 25.0 Å². The molecule has 1 aromatic heterocycles. The zero-order valence-corrected chi connectivity index (χ0v) is 27.2. The second-order valence-corrected chi connectivity index (χ2v) is 14.0. The van der Waals surface area contributed by atoms with Crippen molar-refractivity contribution in [3.05, 3.63) is 157 Å². The van der Waals surface area contributed by atoms with Crippen molar-refractivity contribution in [1.82, 2.24) is 0 Å². The number of ether oxygens (including phenoxy) is 1. The summed E-state index contributed by atoms with van der Waals surface area (Å²) in [6, 6.07) is 52.7. The van der Waals surface area contributed by atoms with Crippen molar-refractivity contribution in [3.63, 3.8) is 0 Å². The fourth-order valence-corrected chi connectivity index (χ4v) is 8.71. The molecule has 0 unspecified atom stereocenters. The van der Waals surface area contributed by atoms with Crippen LogP contribution in [0.2, 0.25) is 0 Å². The van der Waals surface area contributed by atoms with Gasteiger partial charge in [0.1, 0.15) is 22.7 Å². The minimum atomic E-state index is -0.0452. The molecular weight excluding hydrogens is 597 g/mol. The Bertz CT molecular complexity index is 2880. The Hall–Kier alpha value is -6.12. The molecule has 1 aliphatic carbocycles. The molecule has 0 spiro atoms. The Morgan fingerprint density at radius 1 is 0.429 bits per heavy atom. The molecule has 0 radical (unpaired) electrons. The Kier molecular flexibility index (Phi) is 5.21. The average Bonchev–Trinajstić information content (AvgIpc) is 3.64. The molecule has 2 heterocycles. The van der Waals surface area contributed by atoms with Gasteiger partial charge < -0.3 is 9.15 Å². The fourth-order valence-electron chi connectivity index (χ4n) is 8.71. The van der Waals surface area contributed by atoms with Gasteiger partial charge in [-0.1, -0.05) is 123 Å². The molecule has 230 valence electrons. The largest absolute Gasteiger partial charge is 0.456 e. The molecule has 9 aromatic rings. The lowest BCUT2D eigenvalue weighted by atomic mass is 9.81. The molecule has 8 aromatic carbocycles. The van der Waals surface area contributed by atoms with Crippen molar-refractivity contribution >= 4 is 43.5 Å². The lowest BCUT2D eigenvalue weighted by Gasteiger charge is -2.24. The summed E-state index contributed by atoms with van der Waals surface area (Å²) in [6.07, 6.45) is 0. The third kappa shape index (κ3) is 3.61. The number of hydrogen-bond acceptors (Lipinski definition) is 2. The van der Waals surface area contributed by atoms with Gasteiger partial charge in [-0.3, -0.25) is 0 Å². The predicted molar refractivity (Wildman–Crippen MR) is 203 cm³/mol. The van der Waals surface area contributed by atoms with Gasteiger partial charge in [0.25, 0.3) is 0 Å². The van der Waals surface area contributed by atoms with E-state index >= 15 is 0 Å². The van der Waals surface area contributed by atoms with E-state index in [0.717, 1.165) is 55.3 Å². The van der Waals surface area contributed by atoms with E-state index in [2.05, 4.69) is 159 Å². The van der Waals surface area contributed by atoms with Crippen molar-refractivity contribution in [1.29, 1.82) is 0 Å².